The number of hydrogen-bond acceptors (Lipinski definition) is 3. The van der Waals surface area contributed by atoms with E-state index in [0.29, 0.717) is 18.8 Å². The minimum Gasteiger partial charge on any atom is -0.385 e. The first-order valence-corrected chi connectivity index (χ1v) is 6.03. The zero-order chi connectivity index (χ0) is 12.3. The lowest BCUT2D eigenvalue weighted by atomic mass is 9.89. The fourth-order valence-corrected chi connectivity index (χ4v) is 2.15. The molecule has 0 saturated carbocycles. The standard InChI is InChI=1S/C13H19N3O/c1-2-10-11(16-12(14)15-10)6-9-13(17)7-4-3-5-8-13/h3-5,7,17H,2,6,8-9H2,1H3,(H3,14,15,16). The van der Waals surface area contributed by atoms with E-state index < -0.39 is 5.60 Å². The highest BCUT2D eigenvalue weighted by molar-refractivity contribution is 5.27. The Morgan fingerprint density at radius 3 is 3.00 bits per heavy atom. The summed E-state index contributed by atoms with van der Waals surface area (Å²) < 4.78 is 0. The van der Waals surface area contributed by atoms with Gasteiger partial charge in [-0.1, -0.05) is 31.2 Å². The van der Waals surface area contributed by atoms with E-state index in [1.807, 2.05) is 24.3 Å². The van der Waals surface area contributed by atoms with Gasteiger partial charge in [-0.3, -0.25) is 0 Å². The summed E-state index contributed by atoms with van der Waals surface area (Å²) in [6, 6.07) is 0. The van der Waals surface area contributed by atoms with Crippen molar-refractivity contribution in [3.63, 3.8) is 0 Å². The van der Waals surface area contributed by atoms with Gasteiger partial charge in [-0.15, -0.1) is 0 Å². The van der Waals surface area contributed by atoms with E-state index in [-0.39, 0.29) is 0 Å². The van der Waals surface area contributed by atoms with Crippen molar-refractivity contribution in [1.29, 1.82) is 0 Å². The summed E-state index contributed by atoms with van der Waals surface area (Å²) >= 11 is 0. The van der Waals surface area contributed by atoms with Gasteiger partial charge in [0.05, 0.1) is 11.3 Å². The molecule has 1 heterocycles. The van der Waals surface area contributed by atoms with Crippen LogP contribution < -0.4 is 5.73 Å². The zero-order valence-electron chi connectivity index (χ0n) is 10.1. The number of H-pyrrole nitrogens is 1. The molecule has 0 fully saturated rings. The number of aliphatic hydroxyl groups is 1. The van der Waals surface area contributed by atoms with Crippen LogP contribution in [0.1, 0.15) is 31.2 Å². The van der Waals surface area contributed by atoms with Crippen molar-refractivity contribution in [2.24, 2.45) is 0 Å². The van der Waals surface area contributed by atoms with E-state index in [0.717, 1.165) is 24.2 Å². The third-order valence-electron chi connectivity index (χ3n) is 3.15. The first-order valence-electron chi connectivity index (χ1n) is 6.03. The van der Waals surface area contributed by atoms with Gasteiger partial charge in [-0.2, -0.15) is 0 Å². The SMILES string of the molecule is CCc1nc(N)[nH]c1CCC1(O)C=CC=CC1. The summed E-state index contributed by atoms with van der Waals surface area (Å²) in [6.45, 7) is 2.05. The largest absolute Gasteiger partial charge is 0.385 e. The van der Waals surface area contributed by atoms with Crippen LogP contribution >= 0.6 is 0 Å². The van der Waals surface area contributed by atoms with Gasteiger partial charge in [0.25, 0.3) is 0 Å². The number of rotatable bonds is 4. The molecule has 17 heavy (non-hydrogen) atoms. The first kappa shape index (κ1) is 11.9. The summed E-state index contributed by atoms with van der Waals surface area (Å²) in [5.41, 5.74) is 6.96. The Labute approximate surface area is 101 Å². The molecule has 1 atom stereocenters. The van der Waals surface area contributed by atoms with Crippen molar-refractivity contribution < 1.29 is 5.11 Å². The van der Waals surface area contributed by atoms with Crippen molar-refractivity contribution in [3.8, 4) is 0 Å². The number of allylic oxidation sites excluding steroid dienone is 2. The number of nitrogens with one attached hydrogen (secondary N) is 1. The van der Waals surface area contributed by atoms with Crippen LogP contribution in [0.15, 0.2) is 24.3 Å². The Hall–Kier alpha value is -1.55. The van der Waals surface area contributed by atoms with E-state index in [1.165, 1.54) is 0 Å². The zero-order valence-corrected chi connectivity index (χ0v) is 10.1. The second-order valence-electron chi connectivity index (χ2n) is 4.50. The molecule has 0 aromatic carbocycles. The van der Waals surface area contributed by atoms with Crippen LogP contribution in [0.2, 0.25) is 0 Å². The van der Waals surface area contributed by atoms with E-state index in [9.17, 15) is 5.11 Å². The molecule has 1 aromatic heterocycles. The molecule has 0 saturated heterocycles. The summed E-state index contributed by atoms with van der Waals surface area (Å²) in [4.78, 5) is 7.29. The van der Waals surface area contributed by atoms with Crippen molar-refractivity contribution in [2.75, 3.05) is 5.73 Å². The van der Waals surface area contributed by atoms with Gasteiger partial charge < -0.3 is 15.8 Å². The lowest BCUT2D eigenvalue weighted by molar-refractivity contribution is 0.0835. The summed E-state index contributed by atoms with van der Waals surface area (Å²) in [7, 11) is 0. The van der Waals surface area contributed by atoms with Gasteiger partial charge in [0, 0.05) is 5.69 Å². The van der Waals surface area contributed by atoms with Crippen molar-refractivity contribution in [2.45, 2.75) is 38.2 Å². The lowest BCUT2D eigenvalue weighted by Crippen LogP contribution is -2.27. The number of aryl methyl sites for hydroxylation is 2. The highest BCUT2D eigenvalue weighted by Gasteiger charge is 2.23. The van der Waals surface area contributed by atoms with Crippen LogP contribution in [0.5, 0.6) is 0 Å². The number of nitrogens with two attached hydrogens (primary N) is 1. The quantitative estimate of drug-likeness (QED) is 0.741. The summed E-state index contributed by atoms with van der Waals surface area (Å²) in [6.07, 6.45) is 10.7. The molecule has 1 unspecified atom stereocenters. The first-order chi connectivity index (χ1) is 8.13. The van der Waals surface area contributed by atoms with Crippen LogP contribution in [-0.4, -0.2) is 20.7 Å². The molecule has 2 rings (SSSR count). The molecule has 0 aliphatic heterocycles. The fourth-order valence-electron chi connectivity index (χ4n) is 2.15. The number of aromatic amines is 1. The highest BCUT2D eigenvalue weighted by atomic mass is 16.3. The van der Waals surface area contributed by atoms with Crippen LogP contribution in [-0.2, 0) is 12.8 Å². The van der Waals surface area contributed by atoms with Crippen LogP contribution in [0.4, 0.5) is 5.95 Å². The molecule has 1 aliphatic rings. The molecule has 0 amide bonds. The third kappa shape index (κ3) is 2.77. The van der Waals surface area contributed by atoms with Gasteiger partial charge in [0.2, 0.25) is 0 Å². The molecule has 1 aliphatic carbocycles. The van der Waals surface area contributed by atoms with Crippen LogP contribution in [0, 0.1) is 0 Å². The molecule has 92 valence electrons. The van der Waals surface area contributed by atoms with Crippen LogP contribution in [0.25, 0.3) is 0 Å². The van der Waals surface area contributed by atoms with E-state index >= 15 is 0 Å². The van der Waals surface area contributed by atoms with Gasteiger partial charge >= 0.3 is 0 Å². The van der Waals surface area contributed by atoms with Gasteiger partial charge in [0.15, 0.2) is 5.95 Å². The van der Waals surface area contributed by atoms with Gasteiger partial charge in [-0.25, -0.2) is 4.98 Å². The highest BCUT2D eigenvalue weighted by Crippen LogP contribution is 2.24. The molecule has 1 aromatic rings. The van der Waals surface area contributed by atoms with E-state index in [2.05, 4.69) is 16.9 Å². The molecule has 0 bridgehead atoms. The smallest absolute Gasteiger partial charge is 0.197 e. The van der Waals surface area contributed by atoms with Crippen molar-refractivity contribution >= 4 is 5.95 Å². The maximum atomic E-state index is 10.3. The van der Waals surface area contributed by atoms with Crippen LogP contribution in [0.3, 0.4) is 0 Å². The predicted octanol–water partition coefficient (Wildman–Crippen LogP) is 1.73. The third-order valence-corrected chi connectivity index (χ3v) is 3.15. The summed E-state index contributed by atoms with van der Waals surface area (Å²) in [5, 5.41) is 10.3. The Balaban J connectivity index is 2.02. The molecule has 0 spiro atoms. The molecule has 0 radical (unpaired) electrons. The fraction of sp³-hybridized carbons (Fsp3) is 0.462. The normalized spacial score (nSPS) is 23.2. The van der Waals surface area contributed by atoms with Gasteiger partial charge in [-0.05, 0) is 25.7 Å². The summed E-state index contributed by atoms with van der Waals surface area (Å²) in [5.74, 6) is 0.461. The molecular formula is C13H19N3O. The Kier molecular flexibility index (Phi) is 3.33. The Morgan fingerprint density at radius 1 is 1.53 bits per heavy atom. The van der Waals surface area contributed by atoms with Crippen molar-refractivity contribution in [1.82, 2.24) is 9.97 Å². The number of nitrogens with zero attached hydrogens (tertiary/aromatic N) is 1. The molecule has 4 heteroatoms. The minimum absolute atomic E-state index is 0.461. The van der Waals surface area contributed by atoms with E-state index in [1.54, 1.807) is 0 Å². The second kappa shape index (κ2) is 4.75. The topological polar surface area (TPSA) is 74.9 Å². The van der Waals surface area contributed by atoms with Gasteiger partial charge in [0.1, 0.15) is 0 Å². The monoisotopic (exact) mass is 233 g/mol. The number of anilines is 1. The molecule has 4 N–H and O–H groups in total. The average molecular weight is 233 g/mol. The minimum atomic E-state index is -0.723. The Morgan fingerprint density at radius 2 is 2.35 bits per heavy atom. The predicted molar refractivity (Wildman–Crippen MR) is 68.5 cm³/mol. The number of nitrogen functional groups attached to an aromatic ring is 1. The lowest BCUT2D eigenvalue weighted by Gasteiger charge is -2.24. The van der Waals surface area contributed by atoms with E-state index in [4.69, 9.17) is 5.73 Å². The maximum absolute atomic E-state index is 10.3. The second-order valence-corrected chi connectivity index (χ2v) is 4.50. The molecular weight excluding hydrogens is 214 g/mol. The number of aromatic nitrogens is 2. The molecule has 4 nitrogen and oxygen atoms in total. The average Bonchev–Trinajstić information content (AvgIpc) is 2.68. The number of hydrogen-bond donors (Lipinski definition) is 3. The maximum Gasteiger partial charge on any atom is 0.197 e. The number of imidazole rings is 1. The van der Waals surface area contributed by atoms with Crippen molar-refractivity contribution in [3.05, 3.63) is 35.7 Å². The Bertz CT molecular complexity index is 448.